The maximum Gasteiger partial charge on any atom is 0.00183 e. The molecule has 1 unspecified atom stereocenters. The van der Waals surface area contributed by atoms with Crippen LogP contribution in [0, 0.1) is 11.8 Å². The molecule has 10 heavy (non-hydrogen) atoms. The molecule has 2 heteroatoms. The van der Waals surface area contributed by atoms with Crippen LogP contribution >= 0.6 is 0 Å². The Morgan fingerprint density at radius 3 is 2.40 bits per heavy atom. The van der Waals surface area contributed by atoms with Crippen LogP contribution in [0.3, 0.4) is 0 Å². The fraction of sp³-hybridized carbons (Fsp3) is 1.00. The van der Waals surface area contributed by atoms with Crippen LogP contribution < -0.4 is 5.73 Å². The largest absolute Gasteiger partial charge is 0.330 e. The van der Waals surface area contributed by atoms with Crippen molar-refractivity contribution in [2.45, 2.75) is 12.8 Å². The fourth-order valence-corrected chi connectivity index (χ4v) is 1.45. The van der Waals surface area contributed by atoms with Gasteiger partial charge in [-0.2, -0.15) is 0 Å². The summed E-state index contributed by atoms with van der Waals surface area (Å²) < 4.78 is 0. The van der Waals surface area contributed by atoms with Crippen molar-refractivity contribution in [1.82, 2.24) is 4.90 Å². The van der Waals surface area contributed by atoms with E-state index in [1.165, 1.54) is 19.4 Å². The Morgan fingerprint density at radius 2 is 2.10 bits per heavy atom. The Kier molecular flexibility index (Phi) is 2.69. The van der Waals surface area contributed by atoms with Crippen molar-refractivity contribution in [1.29, 1.82) is 0 Å². The summed E-state index contributed by atoms with van der Waals surface area (Å²) >= 11 is 0. The molecule has 1 atom stereocenters. The second-order valence-electron chi connectivity index (χ2n) is 3.60. The molecule has 0 aromatic carbocycles. The van der Waals surface area contributed by atoms with E-state index in [9.17, 15) is 0 Å². The Bertz CT molecular complexity index is 97.4. The molecule has 0 heterocycles. The lowest BCUT2D eigenvalue weighted by Crippen LogP contribution is -2.28. The summed E-state index contributed by atoms with van der Waals surface area (Å²) in [5.41, 5.74) is 5.64. The summed E-state index contributed by atoms with van der Waals surface area (Å²) in [6, 6.07) is 0. The first-order valence-corrected chi connectivity index (χ1v) is 4.09. The van der Waals surface area contributed by atoms with E-state index in [0.29, 0.717) is 0 Å². The van der Waals surface area contributed by atoms with Crippen LogP contribution in [0.15, 0.2) is 0 Å². The van der Waals surface area contributed by atoms with Gasteiger partial charge in [0.1, 0.15) is 0 Å². The zero-order valence-corrected chi connectivity index (χ0v) is 7.01. The molecule has 2 nitrogen and oxygen atoms in total. The minimum Gasteiger partial charge on any atom is -0.330 e. The van der Waals surface area contributed by atoms with Crippen molar-refractivity contribution < 1.29 is 0 Å². The third kappa shape index (κ3) is 2.27. The van der Waals surface area contributed by atoms with E-state index in [-0.39, 0.29) is 0 Å². The molecule has 0 amide bonds. The highest BCUT2D eigenvalue weighted by atomic mass is 15.1. The second kappa shape index (κ2) is 3.35. The molecule has 0 aromatic rings. The summed E-state index contributed by atoms with van der Waals surface area (Å²) in [7, 11) is 4.23. The smallest absolute Gasteiger partial charge is 0.00183 e. The van der Waals surface area contributed by atoms with Crippen LogP contribution in [0.5, 0.6) is 0 Å². The van der Waals surface area contributed by atoms with Crippen molar-refractivity contribution in [3.8, 4) is 0 Å². The maximum atomic E-state index is 5.64. The van der Waals surface area contributed by atoms with E-state index in [4.69, 9.17) is 5.73 Å². The lowest BCUT2D eigenvalue weighted by molar-refractivity contribution is 0.305. The van der Waals surface area contributed by atoms with Gasteiger partial charge in [0.15, 0.2) is 0 Å². The lowest BCUT2D eigenvalue weighted by atomic mass is 10.0. The van der Waals surface area contributed by atoms with Gasteiger partial charge in [-0.05, 0) is 45.3 Å². The first-order valence-electron chi connectivity index (χ1n) is 4.09. The van der Waals surface area contributed by atoms with Crippen LogP contribution in [0.4, 0.5) is 0 Å². The maximum absolute atomic E-state index is 5.64. The molecule has 0 aliphatic heterocycles. The van der Waals surface area contributed by atoms with E-state index in [1.807, 2.05) is 0 Å². The number of hydrogen-bond acceptors (Lipinski definition) is 2. The summed E-state index contributed by atoms with van der Waals surface area (Å²) in [4.78, 5) is 2.23. The highest BCUT2D eigenvalue weighted by Crippen LogP contribution is 2.36. The van der Waals surface area contributed by atoms with E-state index in [2.05, 4.69) is 19.0 Å². The van der Waals surface area contributed by atoms with Crippen LogP contribution in [0.2, 0.25) is 0 Å². The van der Waals surface area contributed by atoms with Gasteiger partial charge in [-0.1, -0.05) is 0 Å². The van der Waals surface area contributed by atoms with Crippen LogP contribution in [0.25, 0.3) is 0 Å². The molecule has 1 fully saturated rings. The normalized spacial score (nSPS) is 21.6. The highest BCUT2D eigenvalue weighted by molar-refractivity contribution is 4.82. The number of nitrogens with two attached hydrogens (primary N) is 1. The molecule has 1 aliphatic rings. The SMILES string of the molecule is CN(C)CC(CN)C1CC1. The Balaban J connectivity index is 2.19. The van der Waals surface area contributed by atoms with Gasteiger partial charge in [-0.25, -0.2) is 0 Å². The minimum atomic E-state index is 0.759. The third-order valence-corrected chi connectivity index (χ3v) is 2.19. The predicted molar refractivity (Wildman–Crippen MR) is 43.8 cm³/mol. The van der Waals surface area contributed by atoms with Gasteiger partial charge in [0.05, 0.1) is 0 Å². The van der Waals surface area contributed by atoms with Gasteiger partial charge < -0.3 is 10.6 Å². The van der Waals surface area contributed by atoms with Gasteiger partial charge in [-0.3, -0.25) is 0 Å². The Morgan fingerprint density at radius 1 is 1.50 bits per heavy atom. The molecule has 2 N–H and O–H groups in total. The quantitative estimate of drug-likeness (QED) is 0.620. The molecule has 0 spiro atoms. The summed E-state index contributed by atoms with van der Waals surface area (Å²) in [5, 5.41) is 0. The molecule has 1 rings (SSSR count). The van der Waals surface area contributed by atoms with Gasteiger partial charge in [0.2, 0.25) is 0 Å². The van der Waals surface area contributed by atoms with Crippen molar-refractivity contribution in [2.24, 2.45) is 17.6 Å². The lowest BCUT2D eigenvalue weighted by Gasteiger charge is -2.18. The molecule has 1 aliphatic carbocycles. The van der Waals surface area contributed by atoms with Gasteiger partial charge in [0.25, 0.3) is 0 Å². The number of nitrogens with zero attached hydrogens (tertiary/aromatic N) is 1. The van der Waals surface area contributed by atoms with Crippen molar-refractivity contribution in [2.75, 3.05) is 27.2 Å². The molecule has 0 aromatic heterocycles. The fourth-order valence-electron chi connectivity index (χ4n) is 1.45. The molecule has 0 saturated heterocycles. The topological polar surface area (TPSA) is 29.3 Å². The average molecular weight is 142 g/mol. The predicted octanol–water partition coefficient (Wildman–Crippen LogP) is 0.533. The molecule has 0 bridgehead atoms. The van der Waals surface area contributed by atoms with E-state index in [1.54, 1.807) is 0 Å². The first kappa shape index (κ1) is 8.02. The van der Waals surface area contributed by atoms with Crippen LogP contribution in [-0.4, -0.2) is 32.1 Å². The average Bonchev–Trinajstić information content (AvgIpc) is 2.63. The van der Waals surface area contributed by atoms with E-state index >= 15 is 0 Å². The van der Waals surface area contributed by atoms with Crippen LogP contribution in [-0.2, 0) is 0 Å². The number of rotatable bonds is 4. The summed E-state index contributed by atoms with van der Waals surface area (Å²) in [5.74, 6) is 1.71. The monoisotopic (exact) mass is 142 g/mol. The van der Waals surface area contributed by atoms with Crippen molar-refractivity contribution >= 4 is 0 Å². The Hall–Kier alpha value is -0.0800. The van der Waals surface area contributed by atoms with Gasteiger partial charge >= 0.3 is 0 Å². The standard InChI is InChI=1S/C8H18N2/c1-10(2)6-8(5-9)7-3-4-7/h7-8H,3-6,9H2,1-2H3. The second-order valence-corrected chi connectivity index (χ2v) is 3.60. The van der Waals surface area contributed by atoms with Crippen LogP contribution in [0.1, 0.15) is 12.8 Å². The number of hydrogen-bond donors (Lipinski definition) is 1. The molecular weight excluding hydrogens is 124 g/mol. The highest BCUT2D eigenvalue weighted by Gasteiger charge is 2.29. The zero-order valence-electron chi connectivity index (χ0n) is 7.01. The summed E-state index contributed by atoms with van der Waals surface area (Å²) in [6.45, 7) is 2.03. The third-order valence-electron chi connectivity index (χ3n) is 2.19. The molecule has 0 radical (unpaired) electrons. The van der Waals surface area contributed by atoms with Crippen molar-refractivity contribution in [3.63, 3.8) is 0 Å². The van der Waals surface area contributed by atoms with E-state index in [0.717, 1.165) is 18.4 Å². The van der Waals surface area contributed by atoms with E-state index < -0.39 is 0 Å². The van der Waals surface area contributed by atoms with Gasteiger partial charge in [0, 0.05) is 6.54 Å². The zero-order chi connectivity index (χ0) is 7.56. The van der Waals surface area contributed by atoms with Gasteiger partial charge in [-0.15, -0.1) is 0 Å². The molecular formula is C8H18N2. The van der Waals surface area contributed by atoms with Crippen molar-refractivity contribution in [3.05, 3.63) is 0 Å². The Labute approximate surface area is 63.4 Å². The summed E-state index contributed by atoms with van der Waals surface area (Å²) in [6.07, 6.45) is 2.82. The first-order chi connectivity index (χ1) is 4.74. The molecule has 1 saturated carbocycles. The minimum absolute atomic E-state index is 0.759. The molecule has 60 valence electrons.